The number of rotatable bonds is 3. The maximum atomic E-state index is 10.8. The van der Waals surface area contributed by atoms with Crippen molar-refractivity contribution in [2.75, 3.05) is 0 Å². The van der Waals surface area contributed by atoms with Crippen LogP contribution < -0.4 is 0 Å². The molecule has 74 valence electrons. The monoisotopic (exact) mass is 209 g/mol. The maximum absolute atomic E-state index is 10.8. The van der Waals surface area contributed by atoms with E-state index in [1.54, 1.807) is 19.9 Å². The first-order valence-corrected chi connectivity index (χ1v) is 4.99. The topological polar surface area (TPSA) is 61.1 Å². The second-order valence-electron chi connectivity index (χ2n) is 3.74. The molecule has 0 aromatic carbocycles. The van der Waals surface area contributed by atoms with Crippen molar-refractivity contribution in [3.05, 3.63) is 21.9 Å². The molecule has 0 spiro atoms. The van der Waals surface area contributed by atoms with Crippen LogP contribution in [0.25, 0.3) is 0 Å². The molecule has 14 heavy (non-hydrogen) atoms. The molecular weight excluding hydrogens is 198 g/mol. The number of nitriles is 1. The summed E-state index contributed by atoms with van der Waals surface area (Å²) >= 11 is 1.35. The van der Waals surface area contributed by atoms with Gasteiger partial charge in [-0.3, -0.25) is 4.79 Å². The molecular formula is C10H11NO2S. The molecule has 0 atom stereocenters. The Morgan fingerprint density at radius 1 is 1.64 bits per heavy atom. The van der Waals surface area contributed by atoms with Crippen LogP contribution in [0.1, 0.15) is 23.6 Å². The minimum atomic E-state index is -0.815. The van der Waals surface area contributed by atoms with Crippen molar-refractivity contribution >= 4 is 17.3 Å². The molecule has 1 heterocycles. The summed E-state index contributed by atoms with van der Waals surface area (Å²) in [6.45, 7) is 3.36. The first-order valence-electron chi connectivity index (χ1n) is 4.18. The summed E-state index contributed by atoms with van der Waals surface area (Å²) in [5.41, 5.74) is -0.766. The molecule has 0 saturated heterocycles. The van der Waals surface area contributed by atoms with Gasteiger partial charge in [0, 0.05) is 4.88 Å². The molecule has 0 aliphatic rings. The number of carbonyl (C=O) groups is 1. The third-order valence-electron chi connectivity index (χ3n) is 1.97. The predicted molar refractivity (Wildman–Crippen MR) is 54.2 cm³/mol. The minimum absolute atomic E-state index is 0.467. The van der Waals surface area contributed by atoms with E-state index in [4.69, 9.17) is 10.4 Å². The number of hydrogen-bond acceptors (Lipinski definition) is 3. The number of aliphatic carboxylic acids is 1. The molecule has 0 bridgehead atoms. The average molecular weight is 209 g/mol. The van der Waals surface area contributed by atoms with Crippen LogP contribution in [-0.4, -0.2) is 11.1 Å². The lowest BCUT2D eigenvalue weighted by molar-refractivity contribution is -0.146. The van der Waals surface area contributed by atoms with Crippen molar-refractivity contribution in [1.29, 1.82) is 5.26 Å². The first kappa shape index (κ1) is 10.7. The largest absolute Gasteiger partial charge is 0.481 e. The molecule has 0 amide bonds. The Morgan fingerprint density at radius 2 is 2.29 bits per heavy atom. The minimum Gasteiger partial charge on any atom is -0.481 e. The molecule has 0 unspecified atom stereocenters. The normalized spacial score (nSPS) is 10.9. The van der Waals surface area contributed by atoms with Crippen LogP contribution in [0.2, 0.25) is 0 Å². The van der Waals surface area contributed by atoms with Gasteiger partial charge < -0.3 is 5.11 Å². The summed E-state index contributed by atoms with van der Waals surface area (Å²) in [4.78, 5) is 12.4. The smallest absolute Gasteiger partial charge is 0.309 e. The molecule has 0 fully saturated rings. The van der Waals surface area contributed by atoms with Crippen LogP contribution in [-0.2, 0) is 11.2 Å². The molecule has 4 heteroatoms. The molecule has 0 aliphatic heterocycles. The molecule has 3 nitrogen and oxygen atoms in total. The third kappa shape index (κ3) is 2.33. The Bertz CT molecular complexity index is 387. The van der Waals surface area contributed by atoms with Gasteiger partial charge in [-0.2, -0.15) is 5.26 Å². The van der Waals surface area contributed by atoms with Crippen molar-refractivity contribution in [2.24, 2.45) is 5.41 Å². The summed E-state index contributed by atoms with van der Waals surface area (Å²) in [5.74, 6) is -0.815. The van der Waals surface area contributed by atoms with E-state index in [9.17, 15) is 4.79 Å². The Kier molecular flexibility index (Phi) is 2.92. The number of carboxylic acids is 1. The van der Waals surface area contributed by atoms with Crippen molar-refractivity contribution in [3.63, 3.8) is 0 Å². The first-order chi connectivity index (χ1) is 6.45. The van der Waals surface area contributed by atoms with Crippen molar-refractivity contribution in [2.45, 2.75) is 20.3 Å². The van der Waals surface area contributed by atoms with E-state index in [1.807, 2.05) is 12.1 Å². The zero-order valence-corrected chi connectivity index (χ0v) is 8.89. The van der Waals surface area contributed by atoms with E-state index in [-0.39, 0.29) is 0 Å². The lowest BCUT2D eigenvalue weighted by Crippen LogP contribution is -2.25. The van der Waals surface area contributed by atoms with Gasteiger partial charge in [-0.05, 0) is 32.4 Å². The van der Waals surface area contributed by atoms with Gasteiger partial charge in [0.15, 0.2) is 0 Å². The molecule has 1 aromatic rings. The van der Waals surface area contributed by atoms with Crippen molar-refractivity contribution < 1.29 is 9.90 Å². The van der Waals surface area contributed by atoms with Gasteiger partial charge in [0.1, 0.15) is 10.9 Å². The standard InChI is InChI=1S/C10H11NO2S/c1-10(2,9(12)13)5-7-3-4-8(6-11)14-7/h3-4H,5H2,1-2H3,(H,12,13). The highest BCUT2D eigenvalue weighted by atomic mass is 32.1. The van der Waals surface area contributed by atoms with Gasteiger partial charge in [0.2, 0.25) is 0 Å². The molecule has 1 rings (SSSR count). The number of carboxylic acid groups (broad SMARTS) is 1. The predicted octanol–water partition coefficient (Wildman–Crippen LogP) is 2.27. The van der Waals surface area contributed by atoms with Crippen molar-refractivity contribution in [3.8, 4) is 6.07 Å². The van der Waals surface area contributed by atoms with Gasteiger partial charge in [0.05, 0.1) is 5.41 Å². The van der Waals surface area contributed by atoms with E-state index in [1.165, 1.54) is 11.3 Å². The zero-order chi connectivity index (χ0) is 10.8. The fraction of sp³-hybridized carbons (Fsp3) is 0.400. The molecule has 1 aromatic heterocycles. The van der Waals surface area contributed by atoms with E-state index in [0.717, 1.165) is 4.88 Å². The Hall–Kier alpha value is -1.34. The molecule has 0 radical (unpaired) electrons. The van der Waals surface area contributed by atoms with E-state index in [2.05, 4.69) is 0 Å². The van der Waals surface area contributed by atoms with Crippen LogP contribution in [0.4, 0.5) is 0 Å². The highest BCUT2D eigenvalue weighted by Crippen LogP contribution is 2.26. The second kappa shape index (κ2) is 3.81. The van der Waals surface area contributed by atoms with Gasteiger partial charge in [-0.25, -0.2) is 0 Å². The van der Waals surface area contributed by atoms with Crippen LogP contribution in [0.3, 0.4) is 0 Å². The fourth-order valence-electron chi connectivity index (χ4n) is 1.04. The lowest BCUT2D eigenvalue weighted by atomic mass is 9.89. The summed E-state index contributed by atoms with van der Waals surface area (Å²) in [6.07, 6.45) is 0.467. The highest BCUT2D eigenvalue weighted by Gasteiger charge is 2.27. The molecule has 0 aliphatic carbocycles. The highest BCUT2D eigenvalue weighted by molar-refractivity contribution is 7.12. The van der Waals surface area contributed by atoms with Crippen LogP contribution in [0, 0.1) is 16.7 Å². The quantitative estimate of drug-likeness (QED) is 0.830. The SMILES string of the molecule is CC(C)(Cc1ccc(C#N)s1)C(=O)O. The second-order valence-corrected chi connectivity index (χ2v) is 4.91. The molecule has 0 saturated carbocycles. The maximum Gasteiger partial charge on any atom is 0.309 e. The number of nitrogens with zero attached hydrogens (tertiary/aromatic N) is 1. The Morgan fingerprint density at radius 3 is 2.71 bits per heavy atom. The van der Waals surface area contributed by atoms with Crippen molar-refractivity contribution in [1.82, 2.24) is 0 Å². The zero-order valence-electron chi connectivity index (χ0n) is 8.07. The van der Waals surface area contributed by atoms with Crippen LogP contribution >= 0.6 is 11.3 Å². The van der Waals surface area contributed by atoms with Crippen LogP contribution in [0.15, 0.2) is 12.1 Å². The summed E-state index contributed by atoms with van der Waals surface area (Å²) in [6, 6.07) is 5.57. The van der Waals surface area contributed by atoms with Gasteiger partial charge in [-0.15, -0.1) is 11.3 Å². The van der Waals surface area contributed by atoms with E-state index < -0.39 is 11.4 Å². The van der Waals surface area contributed by atoms with Crippen LogP contribution in [0.5, 0.6) is 0 Å². The van der Waals surface area contributed by atoms with E-state index in [0.29, 0.717) is 11.3 Å². The van der Waals surface area contributed by atoms with Gasteiger partial charge >= 0.3 is 5.97 Å². The van der Waals surface area contributed by atoms with E-state index >= 15 is 0 Å². The fourth-order valence-corrected chi connectivity index (χ4v) is 2.08. The lowest BCUT2D eigenvalue weighted by Gasteiger charge is -2.17. The van der Waals surface area contributed by atoms with Gasteiger partial charge in [-0.1, -0.05) is 0 Å². The molecule has 1 N–H and O–H groups in total. The Labute approximate surface area is 86.6 Å². The number of thiophene rings is 1. The summed E-state index contributed by atoms with van der Waals surface area (Å²) < 4.78 is 0. The average Bonchev–Trinajstić information content (AvgIpc) is 2.51. The number of hydrogen-bond donors (Lipinski definition) is 1. The van der Waals surface area contributed by atoms with Gasteiger partial charge in [0.25, 0.3) is 0 Å². The Balaban J connectivity index is 2.79. The summed E-state index contributed by atoms with van der Waals surface area (Å²) in [5, 5.41) is 17.5. The summed E-state index contributed by atoms with van der Waals surface area (Å²) in [7, 11) is 0. The third-order valence-corrected chi connectivity index (χ3v) is 2.96.